The van der Waals surface area contributed by atoms with Crippen molar-refractivity contribution in [1.82, 2.24) is 14.4 Å². The molecule has 0 saturated heterocycles. The molecule has 0 spiro atoms. The highest BCUT2D eigenvalue weighted by Crippen LogP contribution is 2.09. The van der Waals surface area contributed by atoms with E-state index in [1.54, 1.807) is 10.6 Å². The summed E-state index contributed by atoms with van der Waals surface area (Å²) in [5.74, 6) is 0.704. The molecule has 2 heterocycles. The number of hydrogen-bond donors (Lipinski definition) is 0. The summed E-state index contributed by atoms with van der Waals surface area (Å²) in [5, 5.41) is 0. The van der Waals surface area contributed by atoms with Gasteiger partial charge in [-0.3, -0.25) is 4.40 Å². The predicted molar refractivity (Wildman–Crippen MR) is 48.9 cm³/mol. The first-order valence-electron chi connectivity index (χ1n) is 3.71. The quantitative estimate of drug-likeness (QED) is 0.741. The fourth-order valence-electron chi connectivity index (χ4n) is 1.00. The first-order valence-corrected chi connectivity index (χ1v) is 4.50. The van der Waals surface area contributed by atoms with Crippen molar-refractivity contribution in [2.45, 2.75) is 13.3 Å². The van der Waals surface area contributed by atoms with Crippen LogP contribution < -0.4 is 0 Å². The van der Waals surface area contributed by atoms with Gasteiger partial charge >= 0.3 is 0 Å². The van der Waals surface area contributed by atoms with Crippen molar-refractivity contribution in [1.29, 1.82) is 0 Å². The number of aromatic nitrogens is 3. The van der Waals surface area contributed by atoms with Crippen LogP contribution in [-0.4, -0.2) is 14.4 Å². The Kier molecular flexibility index (Phi) is 1.84. The van der Waals surface area contributed by atoms with Crippen LogP contribution in [0.25, 0.3) is 5.78 Å². The Morgan fingerprint density at radius 3 is 3.25 bits per heavy atom. The van der Waals surface area contributed by atoms with Crippen molar-refractivity contribution >= 4 is 21.7 Å². The number of halogens is 1. The zero-order chi connectivity index (χ0) is 8.55. The smallest absolute Gasteiger partial charge is 0.234 e. The van der Waals surface area contributed by atoms with Gasteiger partial charge in [-0.15, -0.1) is 0 Å². The minimum atomic E-state index is 0.704. The van der Waals surface area contributed by atoms with Crippen LogP contribution in [0.5, 0.6) is 0 Å². The van der Waals surface area contributed by atoms with Gasteiger partial charge in [-0.2, -0.15) is 0 Å². The van der Waals surface area contributed by atoms with Crippen LogP contribution >= 0.6 is 15.9 Å². The second kappa shape index (κ2) is 2.86. The SMILES string of the molecule is CCc1[c]n2cc(Br)cnc2n1. The second-order valence-corrected chi connectivity index (χ2v) is 3.38. The molecule has 0 aliphatic carbocycles. The third-order valence-corrected chi connectivity index (χ3v) is 2.00. The van der Waals surface area contributed by atoms with Crippen molar-refractivity contribution in [3.05, 3.63) is 28.8 Å². The lowest BCUT2D eigenvalue weighted by Crippen LogP contribution is -1.85. The van der Waals surface area contributed by atoms with Crippen molar-refractivity contribution < 1.29 is 0 Å². The maximum Gasteiger partial charge on any atom is 0.234 e. The van der Waals surface area contributed by atoms with Gasteiger partial charge in [0.15, 0.2) is 0 Å². The topological polar surface area (TPSA) is 30.2 Å². The van der Waals surface area contributed by atoms with Gasteiger partial charge in [0.1, 0.15) is 0 Å². The molecule has 3 nitrogen and oxygen atoms in total. The molecule has 4 heteroatoms. The van der Waals surface area contributed by atoms with Gasteiger partial charge in [-0.05, 0) is 22.4 Å². The van der Waals surface area contributed by atoms with E-state index in [1.165, 1.54) is 0 Å². The van der Waals surface area contributed by atoms with Crippen molar-refractivity contribution in [3.63, 3.8) is 0 Å². The lowest BCUT2D eigenvalue weighted by molar-refractivity contribution is 1.06. The summed E-state index contributed by atoms with van der Waals surface area (Å²) in [6.45, 7) is 2.05. The summed E-state index contributed by atoms with van der Waals surface area (Å²) in [5.41, 5.74) is 0.945. The molecule has 2 aromatic rings. The Morgan fingerprint density at radius 2 is 2.50 bits per heavy atom. The molecular formula is C8H7BrN3. The van der Waals surface area contributed by atoms with Crippen LogP contribution in [0.1, 0.15) is 12.6 Å². The Labute approximate surface area is 78.6 Å². The maximum atomic E-state index is 4.25. The van der Waals surface area contributed by atoms with E-state index in [4.69, 9.17) is 0 Å². The number of rotatable bonds is 1. The normalized spacial score (nSPS) is 10.8. The third kappa shape index (κ3) is 1.22. The van der Waals surface area contributed by atoms with Crippen LogP contribution in [0, 0.1) is 6.20 Å². The molecule has 0 atom stereocenters. The molecule has 2 aromatic heterocycles. The molecule has 12 heavy (non-hydrogen) atoms. The minimum absolute atomic E-state index is 0.704. The number of imidazole rings is 1. The van der Waals surface area contributed by atoms with Crippen molar-refractivity contribution in [2.24, 2.45) is 0 Å². The number of fused-ring (bicyclic) bond motifs is 1. The molecule has 0 aliphatic rings. The molecular weight excluding hydrogens is 218 g/mol. The Morgan fingerprint density at radius 1 is 1.67 bits per heavy atom. The van der Waals surface area contributed by atoms with Gasteiger partial charge in [0.25, 0.3) is 0 Å². The highest BCUT2D eigenvalue weighted by atomic mass is 79.9. The zero-order valence-electron chi connectivity index (χ0n) is 6.58. The number of aryl methyl sites for hydroxylation is 1. The fourth-order valence-corrected chi connectivity index (χ4v) is 1.31. The highest BCUT2D eigenvalue weighted by molar-refractivity contribution is 9.10. The first-order chi connectivity index (χ1) is 5.79. The van der Waals surface area contributed by atoms with E-state index in [2.05, 4.69) is 32.1 Å². The van der Waals surface area contributed by atoms with Crippen LogP contribution in [0.15, 0.2) is 16.9 Å². The van der Waals surface area contributed by atoms with Gasteiger partial charge < -0.3 is 0 Å². The van der Waals surface area contributed by atoms with E-state index in [-0.39, 0.29) is 0 Å². The first kappa shape index (κ1) is 7.73. The fraction of sp³-hybridized carbons (Fsp3) is 0.250. The van der Waals surface area contributed by atoms with E-state index < -0.39 is 0 Å². The summed E-state index contributed by atoms with van der Waals surface area (Å²) in [6, 6.07) is 0. The zero-order valence-corrected chi connectivity index (χ0v) is 8.17. The predicted octanol–water partition coefficient (Wildman–Crippen LogP) is 1.85. The summed E-state index contributed by atoms with van der Waals surface area (Å²) >= 11 is 3.33. The highest BCUT2D eigenvalue weighted by Gasteiger charge is 2.00. The molecule has 0 amide bonds. The molecule has 0 saturated carbocycles. The Bertz CT molecular complexity index is 408. The van der Waals surface area contributed by atoms with Crippen LogP contribution in [0.3, 0.4) is 0 Å². The molecule has 0 N–H and O–H groups in total. The van der Waals surface area contributed by atoms with Gasteiger partial charge in [0, 0.05) is 12.4 Å². The number of hydrogen-bond acceptors (Lipinski definition) is 2. The molecule has 0 unspecified atom stereocenters. The lowest BCUT2D eigenvalue weighted by atomic mass is 10.4. The van der Waals surface area contributed by atoms with E-state index in [1.807, 2.05) is 13.1 Å². The molecule has 0 bridgehead atoms. The van der Waals surface area contributed by atoms with E-state index in [0.29, 0.717) is 5.78 Å². The van der Waals surface area contributed by atoms with Crippen LogP contribution in [-0.2, 0) is 6.42 Å². The van der Waals surface area contributed by atoms with Crippen LogP contribution in [0.2, 0.25) is 0 Å². The average molecular weight is 225 g/mol. The summed E-state index contributed by atoms with van der Waals surface area (Å²) in [6.07, 6.45) is 7.62. The van der Waals surface area contributed by atoms with Gasteiger partial charge in [0.2, 0.25) is 5.78 Å². The summed E-state index contributed by atoms with van der Waals surface area (Å²) in [7, 11) is 0. The molecule has 61 valence electrons. The minimum Gasteiger partial charge on any atom is -0.281 e. The molecule has 0 fully saturated rings. The monoisotopic (exact) mass is 224 g/mol. The number of nitrogens with zero attached hydrogens (tertiary/aromatic N) is 3. The summed E-state index contributed by atoms with van der Waals surface area (Å²) < 4.78 is 2.73. The van der Waals surface area contributed by atoms with E-state index >= 15 is 0 Å². The summed E-state index contributed by atoms with van der Waals surface area (Å²) in [4.78, 5) is 8.37. The Hall–Kier alpha value is -0.900. The van der Waals surface area contributed by atoms with Crippen LogP contribution in [0.4, 0.5) is 0 Å². The third-order valence-electron chi connectivity index (χ3n) is 1.59. The van der Waals surface area contributed by atoms with Gasteiger partial charge in [0.05, 0.1) is 16.4 Å². The average Bonchev–Trinajstić information content (AvgIpc) is 2.46. The second-order valence-electron chi connectivity index (χ2n) is 2.47. The molecule has 0 aliphatic heterocycles. The lowest BCUT2D eigenvalue weighted by Gasteiger charge is -1.90. The molecule has 1 radical (unpaired) electrons. The van der Waals surface area contributed by atoms with E-state index in [9.17, 15) is 0 Å². The van der Waals surface area contributed by atoms with Gasteiger partial charge in [-0.1, -0.05) is 6.92 Å². The largest absolute Gasteiger partial charge is 0.281 e. The maximum absolute atomic E-state index is 4.25. The van der Waals surface area contributed by atoms with Gasteiger partial charge in [-0.25, -0.2) is 9.97 Å². The van der Waals surface area contributed by atoms with E-state index in [0.717, 1.165) is 16.6 Å². The standard InChI is InChI=1S/C8H7BrN3/c1-2-7-5-12-4-6(9)3-10-8(12)11-7/h3-4H,2H2,1H3. The van der Waals surface area contributed by atoms with Crippen molar-refractivity contribution in [2.75, 3.05) is 0 Å². The molecule has 0 aromatic carbocycles. The molecule has 2 rings (SSSR count). The van der Waals surface area contributed by atoms with Crippen molar-refractivity contribution in [3.8, 4) is 0 Å². The Balaban J connectivity index is 2.67.